The lowest BCUT2D eigenvalue weighted by atomic mass is 10.1. The van der Waals surface area contributed by atoms with E-state index in [4.69, 9.17) is 10.00 Å². The lowest BCUT2D eigenvalue weighted by Crippen LogP contribution is -2.11. The zero-order valence-corrected chi connectivity index (χ0v) is 9.34. The second-order valence-electron chi connectivity index (χ2n) is 3.67. The Bertz CT molecular complexity index is 421. The molecule has 0 radical (unpaired) electrons. The maximum atomic E-state index is 11.8. The average molecular weight is 243 g/mol. The van der Waals surface area contributed by atoms with Crippen molar-refractivity contribution in [2.45, 2.75) is 26.1 Å². The number of alkyl halides is 3. The molecule has 0 saturated heterocycles. The van der Waals surface area contributed by atoms with E-state index in [9.17, 15) is 13.2 Å². The van der Waals surface area contributed by atoms with Crippen LogP contribution >= 0.6 is 0 Å². The van der Waals surface area contributed by atoms with E-state index in [2.05, 4.69) is 0 Å². The highest BCUT2D eigenvalue weighted by molar-refractivity contribution is 5.37. The summed E-state index contributed by atoms with van der Waals surface area (Å²) < 4.78 is 40.5. The number of nitrogens with zero attached hydrogens (tertiary/aromatic N) is 1. The molecule has 0 amide bonds. The summed E-state index contributed by atoms with van der Waals surface area (Å²) in [6.07, 6.45) is -5.12. The molecule has 1 aromatic rings. The maximum absolute atomic E-state index is 11.8. The number of ether oxygens (including phenoxy) is 1. The molecule has 5 heteroatoms. The smallest absolute Gasteiger partial charge is 0.376 e. The monoisotopic (exact) mass is 243 g/mol. The quantitative estimate of drug-likeness (QED) is 0.760. The van der Waals surface area contributed by atoms with Crippen molar-refractivity contribution in [1.29, 1.82) is 5.26 Å². The van der Waals surface area contributed by atoms with E-state index in [0.29, 0.717) is 5.56 Å². The van der Waals surface area contributed by atoms with Crippen LogP contribution in [0, 0.1) is 18.3 Å². The number of hydrogen-bond donors (Lipinski definition) is 0. The summed E-state index contributed by atoms with van der Waals surface area (Å²) in [5, 5.41) is 8.65. The maximum Gasteiger partial charge on any atom is 0.391 e. The molecule has 0 aliphatic rings. The van der Waals surface area contributed by atoms with Gasteiger partial charge in [0.15, 0.2) is 0 Å². The van der Waals surface area contributed by atoms with E-state index >= 15 is 0 Å². The van der Waals surface area contributed by atoms with Gasteiger partial charge in [-0.1, -0.05) is 6.07 Å². The van der Waals surface area contributed by atoms with Gasteiger partial charge in [-0.3, -0.25) is 0 Å². The summed E-state index contributed by atoms with van der Waals surface area (Å²) in [5.41, 5.74) is 2.17. The van der Waals surface area contributed by atoms with Crippen molar-refractivity contribution in [1.82, 2.24) is 0 Å². The SMILES string of the molecule is Cc1cc(C#N)ccc1COCCC(F)(F)F. The molecule has 0 fully saturated rings. The van der Waals surface area contributed by atoms with Gasteiger partial charge in [-0.25, -0.2) is 0 Å². The second kappa shape index (κ2) is 5.69. The number of nitriles is 1. The van der Waals surface area contributed by atoms with Crippen molar-refractivity contribution in [2.24, 2.45) is 0 Å². The molecule has 0 saturated carbocycles. The minimum atomic E-state index is -4.18. The van der Waals surface area contributed by atoms with E-state index < -0.39 is 12.6 Å². The first-order valence-corrected chi connectivity index (χ1v) is 5.06. The Hall–Kier alpha value is -1.54. The third-order valence-corrected chi connectivity index (χ3v) is 2.26. The number of aryl methyl sites for hydroxylation is 1. The van der Waals surface area contributed by atoms with E-state index in [0.717, 1.165) is 11.1 Å². The van der Waals surface area contributed by atoms with Gasteiger partial charge in [0.25, 0.3) is 0 Å². The van der Waals surface area contributed by atoms with Crippen molar-refractivity contribution in [3.8, 4) is 6.07 Å². The van der Waals surface area contributed by atoms with Gasteiger partial charge in [0.2, 0.25) is 0 Å². The average Bonchev–Trinajstić information content (AvgIpc) is 2.24. The van der Waals surface area contributed by atoms with Crippen molar-refractivity contribution >= 4 is 0 Å². The van der Waals surface area contributed by atoms with Gasteiger partial charge in [-0.15, -0.1) is 0 Å². The van der Waals surface area contributed by atoms with Gasteiger partial charge in [-0.05, 0) is 30.2 Å². The molecular formula is C12H12F3NO. The lowest BCUT2D eigenvalue weighted by Gasteiger charge is -2.09. The molecule has 0 atom stereocenters. The Balaban J connectivity index is 2.45. The fourth-order valence-corrected chi connectivity index (χ4v) is 1.30. The molecule has 0 spiro atoms. The summed E-state index contributed by atoms with van der Waals surface area (Å²) >= 11 is 0. The molecule has 0 unspecified atom stereocenters. The van der Waals surface area contributed by atoms with Crippen LogP contribution in [-0.2, 0) is 11.3 Å². The molecule has 92 valence electrons. The highest BCUT2D eigenvalue weighted by atomic mass is 19.4. The van der Waals surface area contributed by atoms with Crippen LogP contribution in [0.2, 0.25) is 0 Å². The number of hydrogen-bond acceptors (Lipinski definition) is 2. The van der Waals surface area contributed by atoms with Crippen molar-refractivity contribution in [3.05, 3.63) is 34.9 Å². The largest absolute Gasteiger partial charge is 0.391 e. The van der Waals surface area contributed by atoms with Gasteiger partial charge in [0, 0.05) is 0 Å². The molecule has 17 heavy (non-hydrogen) atoms. The molecule has 0 aliphatic carbocycles. The minimum absolute atomic E-state index is 0.133. The third-order valence-electron chi connectivity index (χ3n) is 2.26. The summed E-state index contributed by atoms with van der Waals surface area (Å²) in [4.78, 5) is 0. The van der Waals surface area contributed by atoms with Crippen LogP contribution in [0.5, 0.6) is 0 Å². The number of benzene rings is 1. The molecule has 0 aliphatic heterocycles. The van der Waals surface area contributed by atoms with Gasteiger partial charge in [0.05, 0.1) is 31.3 Å². The molecule has 0 N–H and O–H groups in total. The number of rotatable bonds is 4. The van der Waals surface area contributed by atoms with Gasteiger partial charge >= 0.3 is 6.18 Å². The molecule has 0 bridgehead atoms. The van der Waals surface area contributed by atoms with Crippen molar-refractivity contribution in [2.75, 3.05) is 6.61 Å². The van der Waals surface area contributed by atoms with Crippen LogP contribution in [0.1, 0.15) is 23.1 Å². The predicted molar refractivity (Wildman–Crippen MR) is 56.2 cm³/mol. The molecule has 2 nitrogen and oxygen atoms in total. The third kappa shape index (κ3) is 4.87. The zero-order valence-electron chi connectivity index (χ0n) is 9.34. The van der Waals surface area contributed by atoms with Gasteiger partial charge in [0.1, 0.15) is 0 Å². The normalized spacial score (nSPS) is 11.2. The molecule has 1 aromatic carbocycles. The van der Waals surface area contributed by atoms with Crippen molar-refractivity contribution in [3.63, 3.8) is 0 Å². The standard InChI is InChI=1S/C12H12F3NO/c1-9-6-10(7-16)2-3-11(9)8-17-5-4-12(13,14)15/h2-3,6H,4-5,8H2,1H3. The second-order valence-corrected chi connectivity index (χ2v) is 3.67. The van der Waals surface area contributed by atoms with Crippen LogP contribution < -0.4 is 0 Å². The van der Waals surface area contributed by atoms with E-state index in [1.54, 1.807) is 25.1 Å². The Morgan fingerprint density at radius 1 is 1.35 bits per heavy atom. The van der Waals surface area contributed by atoms with Crippen molar-refractivity contribution < 1.29 is 17.9 Å². The van der Waals surface area contributed by atoms with Gasteiger partial charge in [-0.2, -0.15) is 18.4 Å². The summed E-state index contributed by atoms with van der Waals surface area (Å²) in [6, 6.07) is 6.99. The Morgan fingerprint density at radius 2 is 2.06 bits per heavy atom. The first kappa shape index (κ1) is 13.5. The first-order chi connectivity index (χ1) is 7.92. The summed E-state index contributed by atoms with van der Waals surface area (Å²) in [6.45, 7) is 1.58. The zero-order chi connectivity index (χ0) is 12.9. The van der Waals surface area contributed by atoms with Crippen LogP contribution in [0.4, 0.5) is 13.2 Å². The fraction of sp³-hybridized carbons (Fsp3) is 0.417. The highest BCUT2D eigenvalue weighted by Gasteiger charge is 2.26. The summed E-state index contributed by atoms with van der Waals surface area (Å²) in [7, 11) is 0. The Morgan fingerprint density at radius 3 is 2.59 bits per heavy atom. The Labute approximate surface area is 97.6 Å². The first-order valence-electron chi connectivity index (χ1n) is 5.06. The highest BCUT2D eigenvalue weighted by Crippen LogP contribution is 2.19. The minimum Gasteiger partial charge on any atom is -0.376 e. The fourth-order valence-electron chi connectivity index (χ4n) is 1.30. The lowest BCUT2D eigenvalue weighted by molar-refractivity contribution is -0.146. The molecule has 1 rings (SSSR count). The molecular weight excluding hydrogens is 231 g/mol. The van der Waals surface area contributed by atoms with E-state index in [1.165, 1.54) is 0 Å². The number of halogens is 3. The molecule has 0 aromatic heterocycles. The van der Waals surface area contributed by atoms with Crippen LogP contribution in [0.3, 0.4) is 0 Å². The van der Waals surface area contributed by atoms with Crippen LogP contribution in [-0.4, -0.2) is 12.8 Å². The Kier molecular flexibility index (Phi) is 4.53. The van der Waals surface area contributed by atoms with E-state index in [1.807, 2.05) is 6.07 Å². The topological polar surface area (TPSA) is 33.0 Å². The summed E-state index contributed by atoms with van der Waals surface area (Å²) in [5.74, 6) is 0. The predicted octanol–water partition coefficient (Wildman–Crippen LogP) is 3.34. The van der Waals surface area contributed by atoms with Crippen LogP contribution in [0.25, 0.3) is 0 Å². The van der Waals surface area contributed by atoms with Gasteiger partial charge < -0.3 is 4.74 Å². The van der Waals surface area contributed by atoms with Crippen LogP contribution in [0.15, 0.2) is 18.2 Å². The van der Waals surface area contributed by atoms with E-state index in [-0.39, 0.29) is 13.2 Å². The molecule has 0 heterocycles.